The molecule has 0 radical (unpaired) electrons. The van der Waals surface area contributed by atoms with Gasteiger partial charge in [-0.05, 0) is 80.3 Å². The number of carbonyl (C=O) groups is 1. The van der Waals surface area contributed by atoms with E-state index in [0.29, 0.717) is 6.07 Å². The number of carboxylic acids is 1. The predicted octanol–water partition coefficient (Wildman–Crippen LogP) is 6.93. The van der Waals surface area contributed by atoms with Gasteiger partial charge < -0.3 is 10.8 Å². The summed E-state index contributed by atoms with van der Waals surface area (Å²) in [4.78, 5) is 15.9. The molecular formula is C41H36ClF10N7O8S3. The molecule has 3 heterocycles. The van der Waals surface area contributed by atoms with E-state index in [2.05, 4.69) is 27.0 Å². The van der Waals surface area contributed by atoms with Crippen LogP contribution in [0, 0.1) is 35.3 Å². The van der Waals surface area contributed by atoms with Gasteiger partial charge in [0, 0.05) is 34.9 Å². The fourth-order valence-electron chi connectivity index (χ4n) is 8.72. The minimum absolute atomic E-state index is 0.0350. The predicted molar refractivity (Wildman–Crippen MR) is 231 cm³/mol. The highest BCUT2D eigenvalue weighted by Crippen LogP contribution is 2.66. The van der Waals surface area contributed by atoms with Crippen LogP contribution < -0.4 is 9.44 Å². The van der Waals surface area contributed by atoms with Crippen LogP contribution in [0.2, 0.25) is 5.02 Å². The Balaban J connectivity index is 1.39. The maximum atomic E-state index is 16.2. The summed E-state index contributed by atoms with van der Waals surface area (Å²) >= 11 is 6.56. The molecular weight excluding hydrogens is 1040 g/mol. The number of carboxylic acid groups (broad SMARTS) is 1. The van der Waals surface area contributed by atoms with Crippen molar-refractivity contribution in [3.8, 4) is 23.0 Å². The number of aromatic nitrogens is 5. The Kier molecular flexibility index (Phi) is 13.0. The molecule has 15 nitrogen and oxygen atoms in total. The summed E-state index contributed by atoms with van der Waals surface area (Å²) in [6.07, 6.45) is -10.5. The third-order valence-electron chi connectivity index (χ3n) is 11.8. The number of nitrogens with zero attached hydrogens (tertiary/aromatic N) is 6. The molecule has 3 N–H and O–H groups in total. The van der Waals surface area contributed by atoms with Crippen LogP contribution in [0.25, 0.3) is 22.0 Å². The van der Waals surface area contributed by atoms with Crippen molar-refractivity contribution in [1.82, 2.24) is 24.5 Å². The molecule has 0 bridgehead atoms. The molecule has 1 fully saturated rings. The Bertz CT molecular complexity index is 3390. The summed E-state index contributed by atoms with van der Waals surface area (Å²) in [6, 6.07) is 5.51. The number of benzene rings is 2. The molecule has 2 aromatic carbocycles. The average Bonchev–Trinajstić information content (AvgIpc) is 3.77. The first-order valence-corrected chi connectivity index (χ1v) is 25.9. The second-order valence-electron chi connectivity index (χ2n) is 17.3. The minimum atomic E-state index is -5.63. The van der Waals surface area contributed by atoms with Gasteiger partial charge in [-0.25, -0.2) is 39.0 Å². The van der Waals surface area contributed by atoms with Crippen LogP contribution in [-0.4, -0.2) is 90.1 Å². The Morgan fingerprint density at radius 2 is 1.57 bits per heavy atom. The lowest BCUT2D eigenvalue weighted by Crippen LogP contribution is -2.48. The summed E-state index contributed by atoms with van der Waals surface area (Å²) in [6.45, 7) is -0.933. The number of sulfonamides is 2. The van der Waals surface area contributed by atoms with Crippen LogP contribution in [0.5, 0.6) is 0 Å². The van der Waals surface area contributed by atoms with Gasteiger partial charge in [0.2, 0.25) is 20.0 Å². The zero-order chi connectivity index (χ0) is 52.2. The third kappa shape index (κ3) is 9.78. The number of hydrogen-bond donors (Lipinski definition) is 2. The number of rotatable bonds is 13. The van der Waals surface area contributed by atoms with Crippen molar-refractivity contribution < 1.29 is 79.1 Å². The fraction of sp³-hybridized carbons (Fsp3) is 0.415. The molecule has 0 spiro atoms. The summed E-state index contributed by atoms with van der Waals surface area (Å²) in [5.74, 6) is -11.8. The maximum Gasteiger partial charge on any atom is 0.435 e. The van der Waals surface area contributed by atoms with E-state index in [1.807, 2.05) is 0 Å². The number of halogens is 11. The molecule has 2 aliphatic rings. The molecule has 7 rings (SSSR count). The molecule has 0 aliphatic heterocycles. The van der Waals surface area contributed by atoms with Gasteiger partial charge in [0.15, 0.2) is 21.3 Å². The van der Waals surface area contributed by atoms with Gasteiger partial charge in [-0.15, -0.1) is 3.71 Å². The van der Waals surface area contributed by atoms with Gasteiger partial charge >= 0.3 is 18.3 Å². The zero-order valence-electron chi connectivity index (χ0n) is 36.3. The molecule has 3 aromatic heterocycles. The van der Waals surface area contributed by atoms with Gasteiger partial charge in [-0.2, -0.15) is 45.3 Å². The van der Waals surface area contributed by atoms with Crippen LogP contribution in [0.3, 0.4) is 0 Å². The van der Waals surface area contributed by atoms with Crippen LogP contribution >= 0.6 is 11.6 Å². The van der Waals surface area contributed by atoms with Gasteiger partial charge in [0.25, 0.3) is 5.92 Å². The van der Waals surface area contributed by atoms with Gasteiger partial charge in [0.05, 0.1) is 39.7 Å². The van der Waals surface area contributed by atoms with E-state index in [-0.39, 0.29) is 43.7 Å². The highest BCUT2D eigenvalue weighted by molar-refractivity contribution is 8.10. The molecule has 0 saturated heterocycles. The van der Waals surface area contributed by atoms with Crippen LogP contribution in [0.1, 0.15) is 66.1 Å². The highest BCUT2D eigenvalue weighted by Gasteiger charge is 2.68. The standard InChI is InChI=1S/C41H36ClF10N7O8S3/c1-38(2,68(3,62)63)10-9-23-5-6-24(33(54-23)28(53)13-19-11-21(43)15-22(44)12-19)25-7-8-27(42)31-34(25)58(18-39(45,46)47)56-37(31)59(69(4,64)65)70(66,67)17-20-14-26-30-35(41(50,51)52)55-57(16-29(60)61)36(30)40(48,49)32(20)26/h5-8,11-12,15,20,26,28,32H,13-14,16-18,53H2,1-4H3,(H,60,61)/t20?,26-,28+,32-/m1/s1. The summed E-state index contributed by atoms with van der Waals surface area (Å²) in [5, 5.41) is 14.7. The molecule has 70 heavy (non-hydrogen) atoms. The molecule has 1 unspecified atom stereocenters. The van der Waals surface area contributed by atoms with E-state index in [9.17, 15) is 70.3 Å². The second kappa shape index (κ2) is 17.4. The maximum absolute atomic E-state index is 16.2. The Labute approximate surface area is 396 Å². The number of hydrogen-bond acceptors (Lipinski definition) is 11. The summed E-state index contributed by atoms with van der Waals surface area (Å²) < 4.78 is 225. The smallest absolute Gasteiger partial charge is 0.435 e. The lowest BCUT2D eigenvalue weighted by atomic mass is 9.65. The topological polar surface area (TPSA) is 218 Å². The monoisotopic (exact) mass is 1080 g/mol. The minimum Gasteiger partial charge on any atom is -0.480 e. The van der Waals surface area contributed by atoms with E-state index < -0.39 is 168 Å². The highest BCUT2D eigenvalue weighted by atomic mass is 35.5. The summed E-state index contributed by atoms with van der Waals surface area (Å²) in [7, 11) is -14.7. The molecule has 4 atom stereocenters. The Morgan fingerprint density at radius 1 is 0.957 bits per heavy atom. The first-order chi connectivity index (χ1) is 31.9. The number of nitrogens with two attached hydrogens (primary N) is 1. The lowest BCUT2D eigenvalue weighted by molar-refractivity contribution is -0.147. The van der Waals surface area contributed by atoms with E-state index >= 15 is 8.78 Å². The number of anilines is 1. The fourth-order valence-corrected chi connectivity index (χ4v) is 12.9. The SMILES string of the molecule is CC(C)(C#Cc1ccc(-c2ccc(Cl)c3c(N(S(C)(=O)=O)S(=O)(=O)CC4C[C@@H]5c6c(C(F)(F)F)nn(CC(=O)O)c6C(F)(F)[C@H]45)nn(CC(F)(F)F)c23)c([C@@H](N)Cc2cc(F)cc(F)c2)n1)S(C)(=O)=O. The van der Waals surface area contributed by atoms with E-state index in [1.165, 1.54) is 26.0 Å². The van der Waals surface area contributed by atoms with Crippen molar-refractivity contribution in [2.24, 2.45) is 17.6 Å². The Morgan fingerprint density at radius 3 is 2.13 bits per heavy atom. The van der Waals surface area contributed by atoms with Crippen LogP contribution in [-0.2, 0) is 66.3 Å². The first kappa shape index (κ1) is 52.3. The summed E-state index contributed by atoms with van der Waals surface area (Å²) in [5.41, 5.74) is 0.558. The first-order valence-electron chi connectivity index (χ1n) is 20.1. The molecule has 378 valence electrons. The number of aliphatic carboxylic acids is 1. The molecule has 2 aliphatic carbocycles. The largest absolute Gasteiger partial charge is 0.480 e. The van der Waals surface area contributed by atoms with Crippen LogP contribution in [0.4, 0.5) is 49.7 Å². The van der Waals surface area contributed by atoms with Crippen molar-refractivity contribution in [3.05, 3.63) is 93.0 Å². The molecule has 1 saturated carbocycles. The van der Waals surface area contributed by atoms with Crippen molar-refractivity contribution in [2.75, 3.05) is 22.0 Å². The van der Waals surface area contributed by atoms with E-state index in [0.717, 1.165) is 30.5 Å². The lowest BCUT2D eigenvalue weighted by Gasteiger charge is -2.43. The van der Waals surface area contributed by atoms with E-state index in [4.69, 9.17) is 17.3 Å². The zero-order valence-corrected chi connectivity index (χ0v) is 39.5. The number of sulfone groups is 1. The van der Waals surface area contributed by atoms with Crippen molar-refractivity contribution in [1.29, 1.82) is 0 Å². The van der Waals surface area contributed by atoms with Crippen LogP contribution in [0.15, 0.2) is 42.5 Å². The van der Waals surface area contributed by atoms with E-state index in [1.54, 1.807) is 0 Å². The number of alkyl halides is 8. The van der Waals surface area contributed by atoms with Gasteiger partial charge in [-0.1, -0.05) is 23.6 Å². The average molecular weight is 1080 g/mol. The normalized spacial score (nSPS) is 18.7. The molecule has 0 amide bonds. The third-order valence-corrected chi connectivity index (χ3v) is 17.9. The second-order valence-corrected chi connectivity index (χ2v) is 24.2. The molecule has 5 aromatic rings. The van der Waals surface area contributed by atoms with Gasteiger partial charge in [0.1, 0.15) is 40.9 Å². The number of pyridine rings is 1. The van der Waals surface area contributed by atoms with Crippen molar-refractivity contribution in [2.45, 2.75) is 74.8 Å². The quantitative estimate of drug-likeness (QED) is 0.0907. The van der Waals surface area contributed by atoms with Gasteiger partial charge in [-0.3, -0.25) is 14.2 Å². The Hall–Kier alpha value is -5.50. The number of fused-ring (bicyclic) bond motifs is 4. The molecule has 29 heteroatoms. The van der Waals surface area contributed by atoms with Crippen molar-refractivity contribution in [3.63, 3.8) is 0 Å². The van der Waals surface area contributed by atoms with Crippen molar-refractivity contribution >= 4 is 64.2 Å².